The van der Waals surface area contributed by atoms with E-state index in [1.54, 1.807) is 0 Å². The van der Waals surface area contributed by atoms with Gasteiger partial charge in [0, 0.05) is 19.8 Å². The fourth-order valence-corrected chi connectivity index (χ4v) is 4.82. The van der Waals surface area contributed by atoms with E-state index in [0.717, 1.165) is 0 Å². The highest BCUT2D eigenvalue weighted by Crippen LogP contribution is 2.28. The van der Waals surface area contributed by atoms with E-state index in [1.165, 1.54) is 0 Å². The second kappa shape index (κ2) is 8.18. The molecule has 0 aliphatic rings. The van der Waals surface area contributed by atoms with E-state index in [9.17, 15) is 0 Å². The van der Waals surface area contributed by atoms with Gasteiger partial charge in [0.1, 0.15) is 0 Å². The number of rotatable bonds is 10. The van der Waals surface area contributed by atoms with Crippen molar-refractivity contribution in [1.82, 2.24) is 0 Å². The molecule has 0 rings (SSSR count). The summed E-state index contributed by atoms with van der Waals surface area (Å²) in [6.45, 7) is 11.6. The average molecular weight is 263 g/mol. The Morgan fingerprint density at radius 3 is 1.71 bits per heavy atom. The number of nitrogens with two attached hydrogens (primary N) is 2. The molecule has 4 N–H and O–H groups in total. The van der Waals surface area contributed by atoms with Crippen molar-refractivity contribution in [3.8, 4) is 0 Å². The fraction of sp³-hybridized carbons (Fsp3) is 0.909. The third-order valence-corrected chi connectivity index (χ3v) is 6.38. The normalized spacial score (nSPS) is 15.9. The predicted octanol–water partition coefficient (Wildman–Crippen LogP) is 0.844. The summed E-state index contributed by atoms with van der Waals surface area (Å²) in [5.41, 5.74) is 12.0. The maximum Gasteiger partial charge on any atom is 0.521 e. The molecular weight excluding hydrogens is 236 g/mol. The highest BCUT2D eigenvalue weighted by atomic mass is 28.4. The zero-order valence-corrected chi connectivity index (χ0v) is 12.3. The van der Waals surface area contributed by atoms with Crippen LogP contribution >= 0.6 is 0 Å². The summed E-state index contributed by atoms with van der Waals surface area (Å²) in [5, 5.41) is -0.705. The molecule has 0 aromatic carbocycles. The molecule has 103 valence electrons. The molecule has 0 spiro atoms. The van der Waals surface area contributed by atoms with E-state index < -0.39 is 14.0 Å². The zero-order chi connectivity index (χ0) is 13.4. The van der Waals surface area contributed by atoms with Gasteiger partial charge < -0.3 is 24.7 Å². The van der Waals surface area contributed by atoms with Crippen LogP contribution in [0.5, 0.6) is 0 Å². The van der Waals surface area contributed by atoms with E-state index in [0.29, 0.717) is 39.2 Å². The first kappa shape index (κ1) is 17.0. The second-order valence-electron chi connectivity index (χ2n) is 3.80. The maximum atomic E-state index is 6.39. The molecule has 0 saturated heterocycles. The van der Waals surface area contributed by atoms with Gasteiger partial charge in [0.15, 0.2) is 0 Å². The van der Waals surface area contributed by atoms with Crippen LogP contribution in [0, 0.1) is 6.92 Å². The van der Waals surface area contributed by atoms with Gasteiger partial charge in [-0.25, -0.2) is 0 Å². The SMILES string of the molecule is [CH2]CC(N)(CCN)[Si](OCC)(OCC)OCC. The smallest absolute Gasteiger partial charge is 0.373 e. The quantitative estimate of drug-likeness (QED) is 0.571. The molecule has 0 heterocycles. The Balaban J connectivity index is 5.17. The highest BCUT2D eigenvalue weighted by molar-refractivity contribution is 6.64. The molecule has 0 bridgehead atoms. The van der Waals surface area contributed by atoms with Crippen LogP contribution in [0.4, 0.5) is 0 Å². The van der Waals surface area contributed by atoms with E-state index >= 15 is 0 Å². The molecule has 1 radical (unpaired) electrons. The standard InChI is InChI=1S/C11H27N2O3Si/c1-5-11(13,9-10-12)17(14-6-2,15-7-3)16-8-4/h1,5-10,12-13H2,2-4H3. The number of hydrogen-bond donors (Lipinski definition) is 2. The Morgan fingerprint density at radius 2 is 1.47 bits per heavy atom. The maximum absolute atomic E-state index is 6.39. The van der Waals surface area contributed by atoms with Gasteiger partial charge in [0.2, 0.25) is 0 Å². The largest absolute Gasteiger partial charge is 0.521 e. The molecule has 17 heavy (non-hydrogen) atoms. The van der Waals surface area contributed by atoms with E-state index in [-0.39, 0.29) is 0 Å². The molecule has 1 unspecified atom stereocenters. The van der Waals surface area contributed by atoms with Crippen LogP contribution in [-0.4, -0.2) is 40.3 Å². The van der Waals surface area contributed by atoms with Crippen molar-refractivity contribution >= 4 is 8.80 Å². The Bertz CT molecular complexity index is 190. The Morgan fingerprint density at radius 1 is 1.06 bits per heavy atom. The van der Waals surface area contributed by atoms with Crippen molar-refractivity contribution < 1.29 is 13.3 Å². The lowest BCUT2D eigenvalue weighted by atomic mass is 10.1. The lowest BCUT2D eigenvalue weighted by Crippen LogP contribution is -2.70. The first-order valence-corrected chi connectivity index (χ1v) is 7.98. The first-order chi connectivity index (χ1) is 8.05. The Hall–Kier alpha value is 0.0169. The molecule has 1 atom stereocenters. The lowest BCUT2D eigenvalue weighted by Gasteiger charge is -2.42. The molecule has 0 aromatic rings. The van der Waals surface area contributed by atoms with Gasteiger partial charge in [-0.3, -0.25) is 0 Å². The molecule has 0 fully saturated rings. The third-order valence-electron chi connectivity index (χ3n) is 2.65. The van der Waals surface area contributed by atoms with Crippen LogP contribution in [0.2, 0.25) is 0 Å². The van der Waals surface area contributed by atoms with Crippen LogP contribution < -0.4 is 11.5 Å². The van der Waals surface area contributed by atoms with E-state index in [2.05, 4.69) is 6.92 Å². The van der Waals surface area contributed by atoms with Gasteiger partial charge in [-0.15, -0.1) is 0 Å². The highest BCUT2D eigenvalue weighted by Gasteiger charge is 2.57. The van der Waals surface area contributed by atoms with Gasteiger partial charge in [-0.2, -0.15) is 0 Å². The van der Waals surface area contributed by atoms with Gasteiger partial charge >= 0.3 is 8.80 Å². The molecule has 0 aliphatic heterocycles. The van der Waals surface area contributed by atoms with Crippen molar-refractivity contribution in [3.63, 3.8) is 0 Å². The van der Waals surface area contributed by atoms with E-state index in [1.807, 2.05) is 20.8 Å². The minimum atomic E-state index is -2.93. The average Bonchev–Trinajstić information content (AvgIpc) is 2.30. The van der Waals surface area contributed by atoms with Crippen LogP contribution in [0.25, 0.3) is 0 Å². The van der Waals surface area contributed by atoms with Crippen LogP contribution in [0.1, 0.15) is 33.6 Å². The van der Waals surface area contributed by atoms with Gasteiger partial charge in [-0.05, 0) is 40.2 Å². The minimum Gasteiger partial charge on any atom is -0.373 e. The van der Waals surface area contributed by atoms with Crippen LogP contribution in [-0.2, 0) is 13.3 Å². The van der Waals surface area contributed by atoms with Crippen molar-refractivity contribution in [1.29, 1.82) is 0 Å². The Kier molecular flexibility index (Phi) is 8.19. The lowest BCUT2D eigenvalue weighted by molar-refractivity contribution is 0.0437. The molecule has 6 heteroatoms. The monoisotopic (exact) mass is 263 g/mol. The van der Waals surface area contributed by atoms with Crippen LogP contribution in [0.15, 0.2) is 0 Å². The molecule has 0 amide bonds. The van der Waals surface area contributed by atoms with Crippen molar-refractivity contribution in [3.05, 3.63) is 6.92 Å². The number of hydrogen-bond acceptors (Lipinski definition) is 5. The molecule has 0 aliphatic carbocycles. The topological polar surface area (TPSA) is 79.7 Å². The fourth-order valence-electron chi connectivity index (χ4n) is 1.81. The van der Waals surface area contributed by atoms with Crippen LogP contribution in [0.3, 0.4) is 0 Å². The summed E-state index contributed by atoms with van der Waals surface area (Å²) in [6, 6.07) is 0. The van der Waals surface area contributed by atoms with Gasteiger partial charge in [0.05, 0.1) is 5.16 Å². The van der Waals surface area contributed by atoms with Crippen molar-refractivity contribution in [2.45, 2.75) is 38.8 Å². The van der Waals surface area contributed by atoms with E-state index in [4.69, 9.17) is 24.7 Å². The molecule has 5 nitrogen and oxygen atoms in total. The molecule has 0 saturated carbocycles. The summed E-state index contributed by atoms with van der Waals surface area (Å²) in [7, 11) is -2.93. The zero-order valence-electron chi connectivity index (χ0n) is 11.3. The summed E-state index contributed by atoms with van der Waals surface area (Å²) >= 11 is 0. The first-order valence-electron chi connectivity index (χ1n) is 6.25. The second-order valence-corrected chi connectivity index (χ2v) is 6.77. The summed E-state index contributed by atoms with van der Waals surface area (Å²) in [5.74, 6) is 0. The van der Waals surface area contributed by atoms with Gasteiger partial charge in [-0.1, -0.05) is 6.92 Å². The van der Waals surface area contributed by atoms with Crippen molar-refractivity contribution in [2.75, 3.05) is 26.4 Å². The van der Waals surface area contributed by atoms with Gasteiger partial charge in [0.25, 0.3) is 0 Å². The predicted molar refractivity (Wildman–Crippen MR) is 71.2 cm³/mol. The van der Waals surface area contributed by atoms with Crippen molar-refractivity contribution in [2.24, 2.45) is 11.5 Å². The molecular formula is C11H27N2O3Si. The minimum absolute atomic E-state index is 0.466. The summed E-state index contributed by atoms with van der Waals surface area (Å²) in [4.78, 5) is 0. The third kappa shape index (κ3) is 4.01. The summed E-state index contributed by atoms with van der Waals surface area (Å²) < 4.78 is 17.4. The Labute approximate surface area is 106 Å². The molecule has 0 aromatic heterocycles. The summed E-state index contributed by atoms with van der Waals surface area (Å²) in [6.07, 6.45) is 1.07.